The van der Waals surface area contributed by atoms with Crippen molar-refractivity contribution in [2.45, 2.75) is 0 Å². The molecule has 0 saturated heterocycles. The van der Waals surface area contributed by atoms with Gasteiger partial charge in [-0.15, -0.1) is 5.10 Å². The second-order valence-corrected chi connectivity index (χ2v) is 4.47. The van der Waals surface area contributed by atoms with Crippen LogP contribution in [-0.4, -0.2) is 36.5 Å². The summed E-state index contributed by atoms with van der Waals surface area (Å²) in [6, 6.07) is 5.18. The number of ketones is 1. The number of hydrogen-bond donors (Lipinski definition) is 3. The number of nitrogens with one attached hydrogen (secondary N) is 2. The van der Waals surface area contributed by atoms with E-state index in [-0.39, 0.29) is 17.4 Å². The summed E-state index contributed by atoms with van der Waals surface area (Å²) in [7, 11) is 0. The topological polar surface area (TPSA) is 108 Å². The van der Waals surface area contributed by atoms with E-state index in [0.717, 1.165) is 11.6 Å². The number of allylic oxidation sites excluding steroid dienone is 1. The SMILES string of the molecule is O=C(/C=C(\O)c1nnn[nH]1)c1c[nH]c2ccc(Cl)cc12. The molecule has 0 unspecified atom stereocenters. The molecule has 0 bridgehead atoms. The molecule has 0 radical (unpaired) electrons. The molecule has 3 aromatic rings. The van der Waals surface area contributed by atoms with Crippen molar-refractivity contribution in [3.05, 3.63) is 46.9 Å². The molecule has 100 valence electrons. The second kappa shape index (κ2) is 4.78. The molecule has 0 fully saturated rings. The third kappa shape index (κ3) is 2.14. The number of nitrogens with zero attached hydrogens (tertiary/aromatic N) is 3. The molecule has 7 nitrogen and oxygen atoms in total. The Balaban J connectivity index is 2.01. The van der Waals surface area contributed by atoms with Gasteiger partial charge in [0.05, 0.1) is 0 Å². The average molecular weight is 290 g/mol. The summed E-state index contributed by atoms with van der Waals surface area (Å²) in [6.45, 7) is 0. The van der Waals surface area contributed by atoms with Crippen molar-refractivity contribution >= 4 is 34.0 Å². The second-order valence-electron chi connectivity index (χ2n) is 4.04. The van der Waals surface area contributed by atoms with Crippen molar-refractivity contribution in [2.24, 2.45) is 0 Å². The first kappa shape index (κ1) is 12.4. The number of carbonyl (C=O) groups excluding carboxylic acids is 1. The molecule has 0 atom stereocenters. The largest absolute Gasteiger partial charge is 0.504 e. The molecule has 0 aliphatic rings. The number of aliphatic hydroxyl groups is 1. The van der Waals surface area contributed by atoms with Gasteiger partial charge in [-0.3, -0.25) is 4.79 Å². The summed E-state index contributed by atoms with van der Waals surface area (Å²) in [4.78, 5) is 15.1. The monoisotopic (exact) mass is 289 g/mol. The maximum Gasteiger partial charge on any atom is 0.214 e. The molecule has 3 rings (SSSR count). The maximum atomic E-state index is 12.2. The minimum atomic E-state index is -0.382. The van der Waals surface area contributed by atoms with E-state index in [2.05, 4.69) is 25.6 Å². The zero-order chi connectivity index (χ0) is 14.1. The zero-order valence-electron chi connectivity index (χ0n) is 9.96. The molecule has 0 amide bonds. The van der Waals surface area contributed by atoms with E-state index < -0.39 is 0 Å². The Morgan fingerprint density at radius 2 is 2.25 bits per heavy atom. The van der Waals surface area contributed by atoms with E-state index in [0.29, 0.717) is 16.0 Å². The standard InChI is InChI=1S/C12H8ClN5O2/c13-6-1-2-9-7(3-6)8(5-14-9)10(19)4-11(20)12-15-17-18-16-12/h1-5,14,20H,(H,15,16,17,18)/b11-4-. The van der Waals surface area contributed by atoms with Gasteiger partial charge in [-0.2, -0.15) is 0 Å². The van der Waals surface area contributed by atoms with Gasteiger partial charge in [0.1, 0.15) is 0 Å². The molecule has 3 N–H and O–H groups in total. The number of aromatic amines is 2. The Bertz CT molecular complexity index is 806. The third-order valence-electron chi connectivity index (χ3n) is 2.77. The Labute approximate surface area is 117 Å². The van der Waals surface area contributed by atoms with Crippen LogP contribution in [0.25, 0.3) is 16.7 Å². The highest BCUT2D eigenvalue weighted by Gasteiger charge is 2.13. The van der Waals surface area contributed by atoms with Crippen LogP contribution < -0.4 is 0 Å². The van der Waals surface area contributed by atoms with Gasteiger partial charge in [-0.05, 0) is 28.6 Å². The van der Waals surface area contributed by atoms with Crippen LogP contribution >= 0.6 is 11.6 Å². The summed E-state index contributed by atoms with van der Waals surface area (Å²) in [5.74, 6) is -0.694. The first-order chi connectivity index (χ1) is 9.65. The van der Waals surface area contributed by atoms with E-state index in [9.17, 15) is 9.90 Å². The predicted molar refractivity (Wildman–Crippen MR) is 72.4 cm³/mol. The minimum Gasteiger partial charge on any atom is -0.504 e. The highest BCUT2D eigenvalue weighted by molar-refractivity contribution is 6.31. The van der Waals surface area contributed by atoms with Crippen LogP contribution in [0.2, 0.25) is 5.02 Å². The number of rotatable bonds is 3. The maximum absolute atomic E-state index is 12.2. The van der Waals surface area contributed by atoms with Crippen LogP contribution in [0.5, 0.6) is 0 Å². The van der Waals surface area contributed by atoms with Gasteiger partial charge in [0.15, 0.2) is 11.5 Å². The van der Waals surface area contributed by atoms with Crippen molar-refractivity contribution < 1.29 is 9.90 Å². The molecular weight excluding hydrogens is 282 g/mol. The van der Waals surface area contributed by atoms with E-state index in [1.807, 2.05) is 0 Å². The van der Waals surface area contributed by atoms with Crippen molar-refractivity contribution in [2.75, 3.05) is 0 Å². The Kier molecular flexibility index (Phi) is 2.96. The van der Waals surface area contributed by atoms with Crippen molar-refractivity contribution in [3.63, 3.8) is 0 Å². The third-order valence-corrected chi connectivity index (χ3v) is 3.00. The van der Waals surface area contributed by atoms with Crippen molar-refractivity contribution in [1.82, 2.24) is 25.6 Å². The lowest BCUT2D eigenvalue weighted by Crippen LogP contribution is -1.96. The van der Waals surface area contributed by atoms with Crippen LogP contribution in [0.4, 0.5) is 0 Å². The first-order valence-corrected chi connectivity index (χ1v) is 5.98. The number of fused-ring (bicyclic) bond motifs is 1. The average Bonchev–Trinajstić information content (AvgIpc) is 3.07. The molecule has 20 heavy (non-hydrogen) atoms. The fourth-order valence-corrected chi connectivity index (χ4v) is 2.01. The minimum absolute atomic E-state index is 0.0243. The molecule has 0 aliphatic carbocycles. The normalized spacial score (nSPS) is 11.9. The van der Waals surface area contributed by atoms with Gasteiger partial charge >= 0.3 is 0 Å². The number of hydrogen-bond acceptors (Lipinski definition) is 5. The molecule has 0 saturated carbocycles. The molecule has 0 spiro atoms. The van der Waals surface area contributed by atoms with Crippen LogP contribution in [-0.2, 0) is 0 Å². The summed E-state index contributed by atoms with van der Waals surface area (Å²) >= 11 is 5.92. The number of H-pyrrole nitrogens is 2. The van der Waals surface area contributed by atoms with Gasteiger partial charge in [0.25, 0.3) is 0 Å². The molecule has 8 heteroatoms. The van der Waals surface area contributed by atoms with Crippen LogP contribution in [0.3, 0.4) is 0 Å². The van der Waals surface area contributed by atoms with Gasteiger partial charge in [0, 0.05) is 33.8 Å². The van der Waals surface area contributed by atoms with E-state index in [1.54, 1.807) is 24.4 Å². The summed E-state index contributed by atoms with van der Waals surface area (Å²) in [6.07, 6.45) is 2.61. The predicted octanol–water partition coefficient (Wildman–Crippen LogP) is 2.12. The van der Waals surface area contributed by atoms with Gasteiger partial charge < -0.3 is 10.1 Å². The van der Waals surface area contributed by atoms with Gasteiger partial charge in [0.2, 0.25) is 5.82 Å². The summed E-state index contributed by atoms with van der Waals surface area (Å²) in [5, 5.41) is 23.5. The number of aliphatic hydroxyl groups excluding tert-OH is 1. The van der Waals surface area contributed by atoms with Gasteiger partial charge in [-0.1, -0.05) is 11.6 Å². The zero-order valence-corrected chi connectivity index (χ0v) is 10.7. The lowest BCUT2D eigenvalue weighted by Gasteiger charge is -1.96. The van der Waals surface area contributed by atoms with E-state index in [4.69, 9.17) is 11.6 Å². The van der Waals surface area contributed by atoms with Crippen LogP contribution in [0.1, 0.15) is 16.2 Å². The molecule has 1 aromatic carbocycles. The molecule has 2 heterocycles. The fraction of sp³-hybridized carbons (Fsp3) is 0. The smallest absolute Gasteiger partial charge is 0.214 e. The first-order valence-electron chi connectivity index (χ1n) is 5.61. The molecule has 2 aromatic heterocycles. The van der Waals surface area contributed by atoms with E-state index >= 15 is 0 Å². The lowest BCUT2D eigenvalue weighted by molar-refractivity contribution is 0.104. The Morgan fingerprint density at radius 1 is 1.40 bits per heavy atom. The number of carbonyl (C=O) groups is 1. The number of benzene rings is 1. The molecule has 0 aliphatic heterocycles. The summed E-state index contributed by atoms with van der Waals surface area (Å²) < 4.78 is 0. The highest BCUT2D eigenvalue weighted by Crippen LogP contribution is 2.23. The fourth-order valence-electron chi connectivity index (χ4n) is 1.83. The van der Waals surface area contributed by atoms with Crippen LogP contribution in [0.15, 0.2) is 30.5 Å². The Morgan fingerprint density at radius 3 is 3.00 bits per heavy atom. The van der Waals surface area contributed by atoms with Crippen molar-refractivity contribution in [3.8, 4) is 0 Å². The lowest BCUT2D eigenvalue weighted by atomic mass is 10.1. The molecular formula is C12H8ClN5O2. The number of halogens is 1. The van der Waals surface area contributed by atoms with Crippen molar-refractivity contribution in [1.29, 1.82) is 0 Å². The van der Waals surface area contributed by atoms with Crippen LogP contribution in [0, 0.1) is 0 Å². The quantitative estimate of drug-likeness (QED) is 0.389. The summed E-state index contributed by atoms with van der Waals surface area (Å²) in [5.41, 5.74) is 1.19. The highest BCUT2D eigenvalue weighted by atomic mass is 35.5. The number of aromatic nitrogens is 5. The Hall–Kier alpha value is -2.67. The van der Waals surface area contributed by atoms with E-state index in [1.165, 1.54) is 0 Å². The van der Waals surface area contributed by atoms with Gasteiger partial charge in [-0.25, -0.2) is 5.10 Å². The number of tetrazole rings is 1.